The van der Waals surface area contributed by atoms with Crippen molar-refractivity contribution >= 4 is 11.9 Å². The summed E-state index contributed by atoms with van der Waals surface area (Å²) in [6.07, 6.45) is 28.9. The van der Waals surface area contributed by atoms with E-state index >= 15 is 0 Å². The third kappa shape index (κ3) is 16.9. The van der Waals surface area contributed by atoms with Crippen LogP contribution < -0.4 is 0 Å². The van der Waals surface area contributed by atoms with E-state index in [1.54, 1.807) is 0 Å². The van der Waals surface area contributed by atoms with Gasteiger partial charge in [0, 0.05) is 0 Å². The summed E-state index contributed by atoms with van der Waals surface area (Å²) in [5.74, 6) is -1.23. The van der Waals surface area contributed by atoms with E-state index in [0.29, 0.717) is 26.1 Å². The van der Waals surface area contributed by atoms with Crippen LogP contribution in [0.2, 0.25) is 0 Å². The van der Waals surface area contributed by atoms with Gasteiger partial charge in [-0.25, -0.2) is 0 Å². The quantitative estimate of drug-likeness (QED) is 0.0810. The standard InChI is InChI=1S/C31H56O4/c1-3-5-7-9-11-13-15-17-19-23-27-35-31(33)29-25-21-20-24-28(29)30(32)34-26-22-18-16-14-12-10-8-6-4-2/h20-21,28-29H,3-19,22-27H2,1-2H3. The lowest BCUT2D eigenvalue weighted by atomic mass is 9.83. The van der Waals surface area contributed by atoms with Crippen LogP contribution in [0.1, 0.15) is 149 Å². The van der Waals surface area contributed by atoms with Crippen LogP contribution in [0.5, 0.6) is 0 Å². The third-order valence-electron chi connectivity index (χ3n) is 7.27. The van der Waals surface area contributed by atoms with Crippen LogP contribution in [0.25, 0.3) is 0 Å². The second-order valence-electron chi connectivity index (χ2n) is 10.5. The first-order valence-corrected chi connectivity index (χ1v) is 15.2. The fourth-order valence-corrected chi connectivity index (χ4v) is 4.90. The molecule has 2 atom stereocenters. The van der Waals surface area contributed by atoms with Gasteiger partial charge < -0.3 is 9.47 Å². The van der Waals surface area contributed by atoms with Gasteiger partial charge in [0.25, 0.3) is 0 Å². The van der Waals surface area contributed by atoms with Crippen molar-refractivity contribution in [2.75, 3.05) is 13.2 Å². The van der Waals surface area contributed by atoms with Gasteiger partial charge in [0.05, 0.1) is 25.0 Å². The van der Waals surface area contributed by atoms with Crippen molar-refractivity contribution in [2.45, 2.75) is 149 Å². The molecule has 1 rings (SSSR count). The Hall–Kier alpha value is -1.32. The summed E-state index contributed by atoms with van der Waals surface area (Å²) in [5, 5.41) is 0. The van der Waals surface area contributed by atoms with Crippen molar-refractivity contribution in [1.29, 1.82) is 0 Å². The van der Waals surface area contributed by atoms with Crippen LogP contribution in [0.4, 0.5) is 0 Å². The average molecular weight is 493 g/mol. The van der Waals surface area contributed by atoms with Crippen molar-refractivity contribution in [3.63, 3.8) is 0 Å². The molecule has 0 fully saturated rings. The molecule has 0 radical (unpaired) electrons. The highest BCUT2D eigenvalue weighted by molar-refractivity contribution is 5.82. The average Bonchev–Trinajstić information content (AvgIpc) is 2.88. The summed E-state index contributed by atoms with van der Waals surface area (Å²) < 4.78 is 11.1. The minimum Gasteiger partial charge on any atom is -0.465 e. The molecule has 2 unspecified atom stereocenters. The zero-order valence-corrected chi connectivity index (χ0v) is 23.2. The minimum atomic E-state index is -0.390. The Bertz CT molecular complexity index is 542. The molecule has 0 saturated carbocycles. The fourth-order valence-electron chi connectivity index (χ4n) is 4.90. The van der Waals surface area contributed by atoms with E-state index in [0.717, 1.165) is 25.7 Å². The topological polar surface area (TPSA) is 52.6 Å². The summed E-state index contributed by atoms with van der Waals surface area (Å²) >= 11 is 0. The van der Waals surface area contributed by atoms with E-state index in [1.807, 2.05) is 12.2 Å². The van der Waals surface area contributed by atoms with E-state index in [9.17, 15) is 9.59 Å². The molecule has 0 N–H and O–H groups in total. The molecular formula is C31H56O4. The zero-order chi connectivity index (χ0) is 25.4. The van der Waals surface area contributed by atoms with Crippen molar-refractivity contribution < 1.29 is 19.1 Å². The van der Waals surface area contributed by atoms with Crippen molar-refractivity contribution in [2.24, 2.45) is 11.8 Å². The largest absolute Gasteiger partial charge is 0.465 e. The van der Waals surface area contributed by atoms with Gasteiger partial charge in [-0.05, 0) is 25.7 Å². The molecule has 0 aromatic carbocycles. The Morgan fingerprint density at radius 3 is 1.11 bits per heavy atom. The Labute approximate surface area is 217 Å². The summed E-state index contributed by atoms with van der Waals surface area (Å²) in [4.78, 5) is 25.3. The van der Waals surface area contributed by atoms with Gasteiger partial charge in [-0.3, -0.25) is 9.59 Å². The van der Waals surface area contributed by atoms with Crippen molar-refractivity contribution in [3.05, 3.63) is 12.2 Å². The Morgan fingerprint density at radius 1 is 0.514 bits per heavy atom. The van der Waals surface area contributed by atoms with Gasteiger partial charge in [0.15, 0.2) is 0 Å². The number of carbonyl (C=O) groups is 2. The predicted molar refractivity (Wildman–Crippen MR) is 146 cm³/mol. The first-order chi connectivity index (χ1) is 17.2. The smallest absolute Gasteiger partial charge is 0.310 e. The lowest BCUT2D eigenvalue weighted by Gasteiger charge is -2.25. The van der Waals surface area contributed by atoms with Crippen molar-refractivity contribution in [3.8, 4) is 0 Å². The molecule has 4 heteroatoms. The molecular weight excluding hydrogens is 436 g/mol. The molecule has 0 amide bonds. The molecule has 0 aromatic heterocycles. The van der Waals surface area contributed by atoms with Crippen LogP contribution in [-0.2, 0) is 19.1 Å². The summed E-state index contributed by atoms with van der Waals surface area (Å²) in [6.45, 7) is 5.43. The van der Waals surface area contributed by atoms with E-state index < -0.39 is 11.8 Å². The highest BCUT2D eigenvalue weighted by Crippen LogP contribution is 2.28. The molecule has 0 aromatic rings. The minimum absolute atomic E-state index is 0.227. The van der Waals surface area contributed by atoms with Crippen molar-refractivity contribution in [1.82, 2.24) is 0 Å². The highest BCUT2D eigenvalue weighted by Gasteiger charge is 2.36. The molecule has 35 heavy (non-hydrogen) atoms. The van der Waals surface area contributed by atoms with Crippen LogP contribution in [-0.4, -0.2) is 25.2 Å². The molecule has 0 saturated heterocycles. The Kier molecular flexibility index (Phi) is 20.9. The zero-order valence-electron chi connectivity index (χ0n) is 23.2. The van der Waals surface area contributed by atoms with Crippen LogP contribution in [0.3, 0.4) is 0 Å². The number of carbonyl (C=O) groups excluding carboxylic acids is 2. The molecule has 1 aliphatic carbocycles. The number of rotatable bonds is 23. The number of unbranched alkanes of at least 4 members (excludes halogenated alkanes) is 17. The lowest BCUT2D eigenvalue weighted by Crippen LogP contribution is -2.34. The van der Waals surface area contributed by atoms with E-state index in [2.05, 4.69) is 13.8 Å². The van der Waals surface area contributed by atoms with E-state index in [1.165, 1.54) is 96.3 Å². The summed E-state index contributed by atoms with van der Waals surface area (Å²) in [5.41, 5.74) is 0. The Balaban J connectivity index is 2.10. The normalized spacial score (nSPS) is 17.4. The first kappa shape index (κ1) is 31.7. The molecule has 0 bridgehead atoms. The summed E-state index contributed by atoms with van der Waals surface area (Å²) in [6, 6.07) is 0. The van der Waals surface area contributed by atoms with Gasteiger partial charge in [0.1, 0.15) is 0 Å². The maximum atomic E-state index is 12.7. The highest BCUT2D eigenvalue weighted by atomic mass is 16.5. The SMILES string of the molecule is CCCCCCCCCCCCOC(=O)C1CC=CCC1C(=O)OCCCCCCCCCCC. The number of ether oxygens (including phenoxy) is 2. The monoisotopic (exact) mass is 492 g/mol. The predicted octanol–water partition coefficient (Wildman–Crippen LogP) is 9.11. The number of allylic oxidation sites excluding steroid dienone is 2. The number of hydrogen-bond acceptors (Lipinski definition) is 4. The molecule has 0 heterocycles. The molecule has 0 aliphatic heterocycles. The maximum Gasteiger partial charge on any atom is 0.310 e. The van der Waals surface area contributed by atoms with Gasteiger partial charge in [-0.2, -0.15) is 0 Å². The van der Waals surface area contributed by atoms with Gasteiger partial charge in [-0.1, -0.05) is 135 Å². The maximum absolute atomic E-state index is 12.7. The first-order valence-electron chi connectivity index (χ1n) is 15.2. The second-order valence-corrected chi connectivity index (χ2v) is 10.5. The second kappa shape index (κ2) is 23.1. The summed E-state index contributed by atoms with van der Waals surface area (Å²) in [7, 11) is 0. The molecule has 4 nitrogen and oxygen atoms in total. The number of esters is 2. The van der Waals surface area contributed by atoms with E-state index in [-0.39, 0.29) is 11.9 Å². The lowest BCUT2D eigenvalue weighted by molar-refractivity contribution is -0.161. The van der Waals surface area contributed by atoms with Gasteiger partial charge in [-0.15, -0.1) is 0 Å². The van der Waals surface area contributed by atoms with Crippen LogP contribution in [0, 0.1) is 11.8 Å². The van der Waals surface area contributed by atoms with Gasteiger partial charge in [0.2, 0.25) is 0 Å². The fraction of sp³-hybridized carbons (Fsp3) is 0.871. The number of hydrogen-bond donors (Lipinski definition) is 0. The van der Waals surface area contributed by atoms with Crippen LogP contribution >= 0.6 is 0 Å². The van der Waals surface area contributed by atoms with Gasteiger partial charge >= 0.3 is 11.9 Å². The molecule has 0 spiro atoms. The molecule has 1 aliphatic rings. The molecule has 204 valence electrons. The third-order valence-corrected chi connectivity index (χ3v) is 7.27. The van der Waals surface area contributed by atoms with E-state index in [4.69, 9.17) is 9.47 Å². The Morgan fingerprint density at radius 2 is 0.800 bits per heavy atom. The van der Waals surface area contributed by atoms with Crippen LogP contribution in [0.15, 0.2) is 12.2 Å².